The average molecular weight is 369 g/mol. The number of nitrogens with two attached hydrogens (primary N) is 1. The van der Waals surface area contributed by atoms with Crippen LogP contribution in [0.4, 0.5) is 4.39 Å². The summed E-state index contributed by atoms with van der Waals surface area (Å²) in [7, 11) is 1.20. The van der Waals surface area contributed by atoms with Crippen molar-refractivity contribution in [2.45, 2.75) is 19.5 Å². The maximum atomic E-state index is 14.0. The molecule has 1 heterocycles. The number of aryl methyl sites for hydroxylation is 1. The van der Waals surface area contributed by atoms with Crippen molar-refractivity contribution >= 4 is 23.5 Å². The maximum Gasteiger partial charge on any atom is 0.324 e. The molecule has 0 aliphatic rings. The van der Waals surface area contributed by atoms with Gasteiger partial charge in [0, 0.05) is 24.2 Å². The Balaban J connectivity index is 2.25. The summed E-state index contributed by atoms with van der Waals surface area (Å²) in [5.74, 6) is -1.82. The molecule has 0 spiro atoms. The number of carbonyl (C=O) groups excluding carboxylic acids is 2. The Labute approximate surface area is 148 Å². The number of amides is 1. The Morgan fingerprint density at radius 2 is 2.16 bits per heavy atom. The van der Waals surface area contributed by atoms with Gasteiger partial charge in [-0.3, -0.25) is 14.3 Å². The highest BCUT2D eigenvalue weighted by atomic mass is 35.5. The topological polar surface area (TPSA) is 99.2 Å². The first kappa shape index (κ1) is 18.9. The molecule has 0 bridgehead atoms. The first-order valence-electron chi connectivity index (χ1n) is 7.51. The number of carbonyl (C=O) groups is 2. The summed E-state index contributed by atoms with van der Waals surface area (Å²) in [5, 5.41) is 6.92. The van der Waals surface area contributed by atoms with Crippen molar-refractivity contribution in [2.24, 2.45) is 5.73 Å². The highest BCUT2D eigenvalue weighted by Gasteiger charge is 2.18. The zero-order chi connectivity index (χ0) is 18.6. The SMILES string of the molecule is CCn1ncc(Cl)c1-c1cc(F)cc(C(=O)NC[C@@H](N)C(=O)OC)c1. The number of halogens is 2. The van der Waals surface area contributed by atoms with Crippen LogP contribution in [-0.2, 0) is 16.1 Å². The molecule has 3 N–H and O–H groups in total. The van der Waals surface area contributed by atoms with Crippen molar-refractivity contribution in [3.05, 3.63) is 40.8 Å². The fourth-order valence-corrected chi connectivity index (χ4v) is 2.54. The van der Waals surface area contributed by atoms with Crippen molar-refractivity contribution < 1.29 is 18.7 Å². The van der Waals surface area contributed by atoms with Crippen molar-refractivity contribution in [3.63, 3.8) is 0 Å². The van der Waals surface area contributed by atoms with E-state index in [0.717, 1.165) is 6.07 Å². The monoisotopic (exact) mass is 368 g/mol. The lowest BCUT2D eigenvalue weighted by Crippen LogP contribution is -2.43. The van der Waals surface area contributed by atoms with Crippen LogP contribution in [0.5, 0.6) is 0 Å². The predicted octanol–water partition coefficient (Wildman–Crippen LogP) is 1.59. The minimum absolute atomic E-state index is 0.0759. The van der Waals surface area contributed by atoms with Crippen LogP contribution in [0.3, 0.4) is 0 Å². The number of nitrogens with one attached hydrogen (secondary N) is 1. The van der Waals surface area contributed by atoms with E-state index in [2.05, 4.69) is 15.2 Å². The van der Waals surface area contributed by atoms with Crippen molar-refractivity contribution in [1.82, 2.24) is 15.1 Å². The predicted molar refractivity (Wildman–Crippen MR) is 90.6 cm³/mol. The molecule has 0 radical (unpaired) electrons. The molecule has 0 saturated heterocycles. The molecule has 2 rings (SSSR count). The van der Waals surface area contributed by atoms with Gasteiger partial charge in [0.2, 0.25) is 0 Å². The Morgan fingerprint density at radius 1 is 1.44 bits per heavy atom. The molecule has 1 atom stereocenters. The highest BCUT2D eigenvalue weighted by molar-refractivity contribution is 6.33. The third-order valence-electron chi connectivity index (χ3n) is 3.51. The summed E-state index contributed by atoms with van der Waals surface area (Å²) in [6, 6.07) is 2.85. The van der Waals surface area contributed by atoms with E-state index in [-0.39, 0.29) is 12.1 Å². The van der Waals surface area contributed by atoms with Crippen molar-refractivity contribution in [2.75, 3.05) is 13.7 Å². The first-order valence-corrected chi connectivity index (χ1v) is 7.89. The van der Waals surface area contributed by atoms with E-state index < -0.39 is 23.7 Å². The molecule has 0 saturated carbocycles. The molecule has 7 nitrogen and oxygen atoms in total. The van der Waals surface area contributed by atoms with E-state index in [9.17, 15) is 14.0 Å². The second kappa shape index (κ2) is 8.09. The zero-order valence-corrected chi connectivity index (χ0v) is 14.5. The normalized spacial score (nSPS) is 11.9. The van der Waals surface area contributed by atoms with Crippen LogP contribution in [0.15, 0.2) is 24.4 Å². The van der Waals surface area contributed by atoms with E-state index in [1.54, 1.807) is 4.68 Å². The third kappa shape index (κ3) is 4.34. The fraction of sp³-hybridized carbons (Fsp3) is 0.312. The van der Waals surface area contributed by atoms with Crippen LogP contribution < -0.4 is 11.1 Å². The largest absolute Gasteiger partial charge is 0.468 e. The summed E-state index contributed by atoms with van der Waals surface area (Å²) >= 11 is 6.12. The number of nitrogens with zero attached hydrogens (tertiary/aromatic N) is 2. The Bertz CT molecular complexity index is 794. The lowest BCUT2D eigenvalue weighted by molar-refractivity contribution is -0.141. The molecule has 1 aromatic heterocycles. The molecule has 0 fully saturated rings. The van der Waals surface area contributed by atoms with Gasteiger partial charge >= 0.3 is 5.97 Å². The van der Waals surface area contributed by atoms with Gasteiger partial charge in [-0.05, 0) is 25.1 Å². The second-order valence-electron chi connectivity index (χ2n) is 5.23. The van der Waals surface area contributed by atoms with Crippen LogP contribution in [0.25, 0.3) is 11.3 Å². The minimum atomic E-state index is -1.00. The van der Waals surface area contributed by atoms with E-state index in [1.165, 1.54) is 25.4 Å². The third-order valence-corrected chi connectivity index (χ3v) is 3.79. The molecule has 134 valence electrons. The molecule has 0 aliphatic carbocycles. The molecular weight excluding hydrogens is 351 g/mol. The van der Waals surface area contributed by atoms with Crippen LogP contribution in [-0.4, -0.2) is 41.4 Å². The average Bonchev–Trinajstić information content (AvgIpc) is 2.98. The van der Waals surface area contributed by atoms with Gasteiger partial charge in [-0.2, -0.15) is 5.10 Å². The molecule has 1 aromatic carbocycles. The highest BCUT2D eigenvalue weighted by Crippen LogP contribution is 2.29. The second-order valence-corrected chi connectivity index (χ2v) is 5.63. The molecule has 2 aromatic rings. The summed E-state index contributed by atoms with van der Waals surface area (Å²) < 4.78 is 20.1. The van der Waals surface area contributed by atoms with Gasteiger partial charge in [0.25, 0.3) is 5.91 Å². The van der Waals surface area contributed by atoms with Gasteiger partial charge in [-0.25, -0.2) is 4.39 Å². The number of benzene rings is 1. The summed E-state index contributed by atoms with van der Waals surface area (Å²) in [4.78, 5) is 23.5. The number of rotatable bonds is 6. The van der Waals surface area contributed by atoms with Crippen LogP contribution >= 0.6 is 11.6 Å². The molecule has 1 amide bonds. The number of esters is 1. The first-order chi connectivity index (χ1) is 11.9. The lowest BCUT2D eigenvalue weighted by Gasteiger charge is -2.12. The Hall–Kier alpha value is -2.45. The number of aromatic nitrogens is 2. The van der Waals surface area contributed by atoms with Gasteiger partial charge in [-0.1, -0.05) is 11.6 Å². The summed E-state index contributed by atoms with van der Waals surface area (Å²) in [6.07, 6.45) is 1.46. The van der Waals surface area contributed by atoms with Crippen LogP contribution in [0.2, 0.25) is 5.02 Å². The number of methoxy groups -OCH3 is 1. The fourth-order valence-electron chi connectivity index (χ4n) is 2.29. The molecule has 25 heavy (non-hydrogen) atoms. The quantitative estimate of drug-likeness (QED) is 0.754. The standard InChI is InChI=1S/C16H18ClFN4O3/c1-3-22-14(12(17)7-21-22)9-4-10(6-11(18)5-9)15(23)20-8-13(19)16(24)25-2/h4-7,13H,3,8,19H2,1-2H3,(H,20,23)/t13-/m1/s1. The van der Waals surface area contributed by atoms with Crippen LogP contribution in [0, 0.1) is 5.82 Å². The zero-order valence-electron chi connectivity index (χ0n) is 13.8. The number of ether oxygens (including phenoxy) is 1. The van der Waals surface area contributed by atoms with E-state index in [4.69, 9.17) is 17.3 Å². The maximum absolute atomic E-state index is 14.0. The van der Waals surface area contributed by atoms with Gasteiger partial charge < -0.3 is 15.8 Å². The smallest absolute Gasteiger partial charge is 0.324 e. The molecular formula is C16H18ClFN4O3. The van der Waals surface area contributed by atoms with Crippen molar-refractivity contribution in [3.8, 4) is 11.3 Å². The number of hydrogen-bond donors (Lipinski definition) is 2. The Morgan fingerprint density at radius 3 is 2.80 bits per heavy atom. The number of hydrogen-bond acceptors (Lipinski definition) is 5. The Kier molecular flexibility index (Phi) is 6.11. The van der Waals surface area contributed by atoms with E-state index in [0.29, 0.717) is 22.8 Å². The summed E-state index contributed by atoms with van der Waals surface area (Å²) in [5.41, 5.74) is 6.57. The van der Waals surface area contributed by atoms with E-state index in [1.807, 2.05) is 6.92 Å². The van der Waals surface area contributed by atoms with Crippen molar-refractivity contribution in [1.29, 1.82) is 0 Å². The minimum Gasteiger partial charge on any atom is -0.468 e. The van der Waals surface area contributed by atoms with Gasteiger partial charge in [0.05, 0.1) is 24.0 Å². The van der Waals surface area contributed by atoms with Gasteiger partial charge in [0.1, 0.15) is 11.9 Å². The van der Waals surface area contributed by atoms with Gasteiger partial charge in [-0.15, -0.1) is 0 Å². The van der Waals surface area contributed by atoms with Gasteiger partial charge in [0.15, 0.2) is 0 Å². The molecule has 0 aliphatic heterocycles. The summed E-state index contributed by atoms with van der Waals surface area (Å²) in [6.45, 7) is 2.27. The van der Waals surface area contributed by atoms with E-state index >= 15 is 0 Å². The van der Waals surface area contributed by atoms with Crippen LogP contribution in [0.1, 0.15) is 17.3 Å². The molecule has 9 heteroatoms. The molecule has 0 unspecified atom stereocenters. The lowest BCUT2D eigenvalue weighted by atomic mass is 10.1.